The van der Waals surface area contributed by atoms with Crippen LogP contribution in [-0.4, -0.2) is 166 Å². The lowest BCUT2D eigenvalue weighted by molar-refractivity contribution is -0.140. The van der Waals surface area contributed by atoms with E-state index in [1.807, 2.05) is 32.0 Å². The van der Waals surface area contributed by atoms with E-state index in [2.05, 4.69) is 55.2 Å². The molecule has 71 heavy (non-hydrogen) atoms. The maximum atomic E-state index is 14.3. The van der Waals surface area contributed by atoms with Gasteiger partial charge in [0.1, 0.15) is 17.9 Å². The molecular formula is C47H74N7O15PS. The van der Waals surface area contributed by atoms with Crippen LogP contribution in [0.1, 0.15) is 83.9 Å². The molecule has 24 heteroatoms. The molecule has 0 unspecified atom stereocenters. The Bertz CT molecular complexity index is 2030. The molecule has 0 radical (unpaired) electrons. The van der Waals surface area contributed by atoms with E-state index >= 15 is 0 Å². The van der Waals surface area contributed by atoms with Crippen molar-refractivity contribution in [1.29, 1.82) is 0 Å². The number of Topliss-reactive ketones (excluding diaryl/α,β-unsaturated/α-hetero) is 3. The Hall–Kier alpha value is -4.42. The summed E-state index contributed by atoms with van der Waals surface area (Å²) in [5.41, 5.74) is 7.31. The first-order valence-electron chi connectivity index (χ1n) is 24.0. The van der Waals surface area contributed by atoms with Gasteiger partial charge in [0, 0.05) is 63.0 Å². The average molecular weight is 1040 g/mol. The number of ether oxygens (including phenoxy) is 3. The number of aromatic nitrogens is 2. The number of thiol groups is 1. The van der Waals surface area contributed by atoms with Gasteiger partial charge < -0.3 is 60.7 Å². The van der Waals surface area contributed by atoms with E-state index in [0.29, 0.717) is 12.3 Å². The van der Waals surface area contributed by atoms with E-state index in [0.717, 1.165) is 26.2 Å². The molecule has 0 aliphatic carbocycles. The second-order valence-corrected chi connectivity index (χ2v) is 19.6. The number of carbonyl (C=O) groups excluding carboxylic acids is 7. The zero-order chi connectivity index (χ0) is 52.5. The number of nitrogens with one attached hydrogen (secondary N) is 4. The molecule has 2 aromatic rings. The third-order valence-corrected chi connectivity index (χ3v) is 12.8. The number of nitrogens with two attached hydrogens (primary N) is 1. The van der Waals surface area contributed by atoms with Crippen molar-refractivity contribution in [1.82, 2.24) is 30.8 Å². The number of carbonyl (C=O) groups is 7. The van der Waals surface area contributed by atoms with Crippen molar-refractivity contribution in [2.24, 2.45) is 23.5 Å². The molecule has 8 atom stereocenters. The third kappa shape index (κ3) is 22.9. The van der Waals surface area contributed by atoms with Gasteiger partial charge in [-0.1, -0.05) is 44.2 Å². The van der Waals surface area contributed by atoms with Crippen LogP contribution in [0, 0.1) is 17.8 Å². The van der Waals surface area contributed by atoms with Crippen molar-refractivity contribution in [2.45, 2.75) is 122 Å². The second-order valence-electron chi connectivity index (χ2n) is 18.1. The van der Waals surface area contributed by atoms with E-state index in [1.165, 1.54) is 29.9 Å². The number of aryl methyl sites for hydroxylation is 1. The Kier molecular flexibility index (Phi) is 27.4. The number of aromatic amines is 1. The van der Waals surface area contributed by atoms with Gasteiger partial charge in [-0.05, 0) is 51.0 Å². The summed E-state index contributed by atoms with van der Waals surface area (Å²) < 4.78 is 33.4. The van der Waals surface area contributed by atoms with E-state index in [1.54, 1.807) is 0 Å². The number of hydrogen-bond acceptors (Lipinski definition) is 16. The first kappa shape index (κ1) is 60.9. The molecule has 9 N–H and O–H groups in total. The van der Waals surface area contributed by atoms with E-state index < -0.39 is 105 Å². The van der Waals surface area contributed by atoms with Gasteiger partial charge in [-0.3, -0.25) is 38.1 Å². The molecule has 4 amide bonds. The molecule has 0 bridgehead atoms. The highest BCUT2D eigenvalue weighted by molar-refractivity contribution is 7.80. The smallest absolute Gasteiger partial charge is 0.394 e. The van der Waals surface area contributed by atoms with Gasteiger partial charge in [-0.2, -0.15) is 12.6 Å². The number of amides is 4. The first-order chi connectivity index (χ1) is 33.7. The Morgan fingerprint density at radius 3 is 2.24 bits per heavy atom. The number of aliphatic hydroxyl groups excluding tert-OH is 1. The Labute approximate surface area is 420 Å². The summed E-state index contributed by atoms with van der Waals surface area (Å²) in [5, 5.41) is 18.2. The van der Waals surface area contributed by atoms with Gasteiger partial charge >= 0.3 is 7.82 Å². The van der Waals surface area contributed by atoms with Crippen LogP contribution in [-0.2, 0) is 69.7 Å². The number of nitrogens with zero attached hydrogens (tertiary/aromatic N) is 2. The number of hydrogen-bond donors (Lipinski definition) is 9. The average Bonchev–Trinajstić information content (AvgIpc) is 4.01. The van der Waals surface area contributed by atoms with Gasteiger partial charge in [-0.25, -0.2) is 9.55 Å². The largest absolute Gasteiger partial charge is 0.469 e. The van der Waals surface area contributed by atoms with Crippen LogP contribution in [0.15, 0.2) is 42.9 Å². The fourth-order valence-electron chi connectivity index (χ4n) is 7.98. The molecule has 1 saturated heterocycles. The SMILES string of the molecule is CC(=O)[C@@H](CC(=O)[C@H](CO)NC(=O)[C@@H](CC(=O)[C@H](CC(C)C)NC(=O)[C@@H]1C[C@@H](OCCCCc2ccccc2)CN1C(=O)CCOCCOCCNC(=O)[C@@H](N)CS)Cc1cnc[nH]1)[C@@H](C)OP(=O)(O)O. The van der Waals surface area contributed by atoms with Crippen molar-refractivity contribution in [3.05, 3.63) is 54.1 Å². The number of H-pyrrole nitrogens is 1. The number of aliphatic hydroxyl groups is 1. The first-order valence-corrected chi connectivity index (χ1v) is 26.1. The number of rotatable bonds is 36. The van der Waals surface area contributed by atoms with E-state index in [4.69, 9.17) is 19.9 Å². The van der Waals surface area contributed by atoms with Crippen LogP contribution >= 0.6 is 20.5 Å². The van der Waals surface area contributed by atoms with Crippen LogP contribution in [0.25, 0.3) is 0 Å². The van der Waals surface area contributed by atoms with E-state index in [9.17, 15) is 53.0 Å². The maximum Gasteiger partial charge on any atom is 0.469 e. The molecular weight excluding hydrogens is 966 g/mol. The highest BCUT2D eigenvalue weighted by atomic mass is 32.1. The van der Waals surface area contributed by atoms with Crippen molar-refractivity contribution < 1.29 is 71.8 Å². The Morgan fingerprint density at radius 2 is 1.62 bits per heavy atom. The molecule has 0 saturated carbocycles. The zero-order valence-corrected chi connectivity index (χ0v) is 42.9. The molecule has 1 aromatic carbocycles. The molecule has 3 rings (SSSR count). The summed E-state index contributed by atoms with van der Waals surface area (Å²) in [5.74, 6) is -6.42. The summed E-state index contributed by atoms with van der Waals surface area (Å²) in [6.45, 7) is 6.55. The highest BCUT2D eigenvalue weighted by Gasteiger charge is 2.42. The lowest BCUT2D eigenvalue weighted by atomic mass is 9.89. The van der Waals surface area contributed by atoms with Gasteiger partial charge in [-0.15, -0.1) is 0 Å². The number of phosphoric acid groups is 1. The molecule has 398 valence electrons. The van der Waals surface area contributed by atoms with Gasteiger partial charge in [0.2, 0.25) is 23.6 Å². The van der Waals surface area contributed by atoms with Crippen molar-refractivity contribution >= 4 is 61.4 Å². The second kappa shape index (κ2) is 31.9. The van der Waals surface area contributed by atoms with Crippen molar-refractivity contribution in [2.75, 3.05) is 58.5 Å². The number of benzene rings is 1. The predicted octanol–water partition coefficient (Wildman–Crippen LogP) is 1.00. The number of imidazole rings is 1. The summed E-state index contributed by atoms with van der Waals surface area (Å²) in [7, 11) is -5.03. The summed E-state index contributed by atoms with van der Waals surface area (Å²) >= 11 is 4.00. The predicted molar refractivity (Wildman–Crippen MR) is 263 cm³/mol. The molecule has 1 aliphatic rings. The lowest BCUT2D eigenvalue weighted by Crippen LogP contribution is -2.52. The quantitative estimate of drug-likeness (QED) is 0.0261. The number of phosphoric ester groups is 1. The Morgan fingerprint density at radius 1 is 0.930 bits per heavy atom. The van der Waals surface area contributed by atoms with Crippen LogP contribution in [0.2, 0.25) is 0 Å². The maximum absolute atomic E-state index is 14.3. The lowest BCUT2D eigenvalue weighted by Gasteiger charge is -2.28. The summed E-state index contributed by atoms with van der Waals surface area (Å²) in [6, 6.07) is 5.66. The minimum Gasteiger partial charge on any atom is -0.394 e. The van der Waals surface area contributed by atoms with Gasteiger partial charge in [0.05, 0.1) is 81.9 Å². The van der Waals surface area contributed by atoms with Crippen molar-refractivity contribution in [3.8, 4) is 0 Å². The molecule has 0 spiro atoms. The number of likely N-dealkylation sites (tertiary alicyclic amines) is 1. The zero-order valence-electron chi connectivity index (χ0n) is 41.1. The topological polar surface area (TPSA) is 328 Å². The van der Waals surface area contributed by atoms with Crippen LogP contribution in [0.3, 0.4) is 0 Å². The highest BCUT2D eigenvalue weighted by Crippen LogP contribution is 2.39. The standard InChI is InChI=1S/C47H74N7O15PS/c1-30(2)20-39(42(57)22-34(21-35-25-49-29-51-35)45(60)53-40(27-55)43(58)24-37(31(3)56)32(4)69-70(63,64)65)52-47(62)41-23-36(68-15-9-8-12-33-10-6-5-7-11-33)26-54(41)44(59)13-16-66-18-19-67-17-14-50-46(61)38(48)28-71/h5-7,10-11,25,29-30,32,34,36-41,55,71H,8-9,12-24,26-28,48H2,1-4H3,(H,49,51)(H,50,61)(H,52,62)(H,53,60)(H2,63,64,65)/t32-,34-,36-,37-,38+,39+,40+,41+/m1/s1. The number of ketones is 3. The van der Waals surface area contributed by atoms with Crippen LogP contribution in [0.5, 0.6) is 0 Å². The van der Waals surface area contributed by atoms with Crippen LogP contribution < -0.4 is 21.7 Å². The van der Waals surface area contributed by atoms with Crippen LogP contribution in [0.4, 0.5) is 0 Å². The van der Waals surface area contributed by atoms with Gasteiger partial charge in [0.25, 0.3) is 0 Å². The molecule has 2 heterocycles. The molecule has 1 fully saturated rings. The molecule has 1 aromatic heterocycles. The normalized spacial score (nSPS) is 17.5. The van der Waals surface area contributed by atoms with Gasteiger partial charge in [0.15, 0.2) is 11.6 Å². The Balaban J connectivity index is 1.72. The fraction of sp³-hybridized carbons (Fsp3) is 0.660. The summed E-state index contributed by atoms with van der Waals surface area (Å²) in [4.78, 5) is 121. The van der Waals surface area contributed by atoms with Crippen molar-refractivity contribution in [3.63, 3.8) is 0 Å². The third-order valence-electron chi connectivity index (χ3n) is 11.8. The minimum atomic E-state index is -5.03. The molecule has 1 aliphatic heterocycles. The summed E-state index contributed by atoms with van der Waals surface area (Å²) in [6.07, 6.45) is 2.61. The fourth-order valence-corrected chi connectivity index (χ4v) is 8.72. The number of unbranched alkanes of at least 4 members (excludes halogenated alkanes) is 1. The minimum absolute atomic E-state index is 0.0318. The monoisotopic (exact) mass is 1040 g/mol. The van der Waals surface area contributed by atoms with E-state index in [-0.39, 0.29) is 88.7 Å². The molecule has 22 nitrogen and oxygen atoms in total.